The highest BCUT2D eigenvalue weighted by Gasteiger charge is 2.18. The third kappa shape index (κ3) is 2.99. The third-order valence-corrected chi connectivity index (χ3v) is 4.72. The number of aromatic amines is 1. The lowest BCUT2D eigenvalue weighted by Crippen LogP contribution is -2.03. The van der Waals surface area contributed by atoms with Crippen molar-refractivity contribution in [3.63, 3.8) is 0 Å². The molecule has 0 fully saturated rings. The largest absolute Gasteiger partial charge is 0.441 e. The summed E-state index contributed by atoms with van der Waals surface area (Å²) in [5.74, 6) is 1.53. The van der Waals surface area contributed by atoms with Crippen LogP contribution in [0.1, 0.15) is 11.6 Å². The lowest BCUT2D eigenvalue weighted by Gasteiger charge is -2.07. The van der Waals surface area contributed by atoms with Crippen molar-refractivity contribution in [2.75, 3.05) is 0 Å². The molecule has 0 atom stereocenters. The fraction of sp³-hybridized carbons (Fsp3) is 0.136. The van der Waals surface area contributed by atoms with Gasteiger partial charge in [-0.15, -0.1) is 0 Å². The maximum Gasteiger partial charge on any atom is 0.197 e. The van der Waals surface area contributed by atoms with Crippen molar-refractivity contribution in [3.8, 4) is 22.8 Å². The first-order valence-corrected chi connectivity index (χ1v) is 9.25. The molecule has 5 rings (SSSR count). The third-order valence-electron chi connectivity index (χ3n) is 4.72. The molecule has 6 nitrogen and oxygen atoms in total. The summed E-state index contributed by atoms with van der Waals surface area (Å²) in [7, 11) is 0. The molecule has 5 aromatic rings. The van der Waals surface area contributed by atoms with E-state index in [1.807, 2.05) is 61.9 Å². The first kappa shape index (κ1) is 16.5. The molecule has 3 heterocycles. The van der Waals surface area contributed by atoms with Crippen LogP contribution in [0.3, 0.4) is 0 Å². The van der Waals surface area contributed by atoms with Crippen LogP contribution in [-0.4, -0.2) is 24.5 Å². The zero-order chi connectivity index (χ0) is 18.9. The first-order valence-electron chi connectivity index (χ1n) is 9.25. The zero-order valence-electron chi connectivity index (χ0n) is 15.5. The van der Waals surface area contributed by atoms with Gasteiger partial charge in [0.05, 0.1) is 12.0 Å². The summed E-state index contributed by atoms with van der Waals surface area (Å²) >= 11 is 0. The number of nitrogens with zero attached hydrogens (tertiary/aromatic N) is 4. The Balaban J connectivity index is 1.51. The molecule has 1 N–H and O–H groups in total. The Morgan fingerprint density at radius 1 is 1.00 bits per heavy atom. The van der Waals surface area contributed by atoms with Gasteiger partial charge in [-0.05, 0) is 19.1 Å². The van der Waals surface area contributed by atoms with Crippen LogP contribution in [0.2, 0.25) is 0 Å². The van der Waals surface area contributed by atoms with E-state index in [0.717, 1.165) is 45.5 Å². The molecule has 6 heteroatoms. The Labute approximate surface area is 161 Å². The Kier molecular flexibility index (Phi) is 4.01. The van der Waals surface area contributed by atoms with E-state index >= 15 is 0 Å². The van der Waals surface area contributed by atoms with Crippen LogP contribution in [0.4, 0.5) is 0 Å². The number of para-hydroxylation sites is 2. The van der Waals surface area contributed by atoms with Gasteiger partial charge < -0.3 is 14.0 Å². The first-order chi connectivity index (χ1) is 13.8. The molecule has 0 aliphatic carbocycles. The normalized spacial score (nSPS) is 11.3. The second-order valence-corrected chi connectivity index (χ2v) is 6.74. The number of benzene rings is 2. The van der Waals surface area contributed by atoms with Gasteiger partial charge in [-0.3, -0.25) is 0 Å². The summed E-state index contributed by atoms with van der Waals surface area (Å²) in [5.41, 5.74) is 5.65. The van der Waals surface area contributed by atoms with Gasteiger partial charge in [0.1, 0.15) is 11.2 Å². The van der Waals surface area contributed by atoms with Gasteiger partial charge in [0, 0.05) is 30.4 Å². The van der Waals surface area contributed by atoms with E-state index in [1.54, 1.807) is 0 Å². The second kappa shape index (κ2) is 6.81. The van der Waals surface area contributed by atoms with Gasteiger partial charge in [-0.1, -0.05) is 42.5 Å². The monoisotopic (exact) mass is 369 g/mol. The number of hydrogen-bond acceptors (Lipinski definition) is 4. The minimum atomic E-state index is 0.673. The number of hydrogen-bond donors (Lipinski definition) is 1. The Bertz CT molecular complexity index is 1200. The average molecular weight is 369 g/mol. The Morgan fingerprint density at radius 2 is 1.82 bits per heavy atom. The molecule has 0 spiro atoms. The van der Waals surface area contributed by atoms with Crippen molar-refractivity contribution in [3.05, 3.63) is 78.7 Å². The number of H-pyrrole nitrogens is 1. The van der Waals surface area contributed by atoms with Crippen molar-refractivity contribution in [1.82, 2.24) is 24.5 Å². The number of aromatic nitrogens is 5. The molecule has 0 bridgehead atoms. The Morgan fingerprint density at radius 3 is 2.61 bits per heavy atom. The number of aryl methyl sites for hydroxylation is 3. The number of oxazole rings is 1. The summed E-state index contributed by atoms with van der Waals surface area (Å²) < 4.78 is 7.97. The standard InChI is InChI=1S/C22H19N5O/c1-15-13-23-22(25-15)21-20(16-7-3-2-4-8-16)24-14-27(21)12-11-19-26-17-9-5-6-10-18(17)28-19/h2-10,13-14H,11-12H2,1H3,(H,23,25). The maximum atomic E-state index is 5.86. The zero-order valence-corrected chi connectivity index (χ0v) is 15.5. The molecule has 2 aromatic carbocycles. The van der Waals surface area contributed by atoms with E-state index in [9.17, 15) is 0 Å². The highest BCUT2D eigenvalue weighted by molar-refractivity contribution is 5.75. The smallest absolute Gasteiger partial charge is 0.197 e. The van der Waals surface area contributed by atoms with Crippen molar-refractivity contribution >= 4 is 11.1 Å². The summed E-state index contributed by atoms with van der Waals surface area (Å²) in [6, 6.07) is 18.0. The van der Waals surface area contributed by atoms with Crippen LogP contribution in [0.5, 0.6) is 0 Å². The highest BCUT2D eigenvalue weighted by atomic mass is 16.3. The quantitative estimate of drug-likeness (QED) is 0.490. The number of imidazole rings is 2. The average Bonchev–Trinajstić information content (AvgIpc) is 3.44. The summed E-state index contributed by atoms with van der Waals surface area (Å²) in [4.78, 5) is 17.1. The SMILES string of the molecule is Cc1cnc(-c2c(-c3ccccc3)ncn2CCc2nc3ccccc3o2)[nH]1. The minimum absolute atomic E-state index is 0.673. The predicted octanol–water partition coefficient (Wildman–Crippen LogP) is 4.63. The van der Waals surface area contributed by atoms with E-state index in [-0.39, 0.29) is 0 Å². The fourth-order valence-corrected chi connectivity index (χ4v) is 3.38. The molecule has 0 saturated carbocycles. The molecule has 0 amide bonds. The van der Waals surface area contributed by atoms with Crippen LogP contribution in [0.15, 0.2) is 71.5 Å². The fourth-order valence-electron chi connectivity index (χ4n) is 3.38. The molecule has 0 radical (unpaired) electrons. The Hall–Kier alpha value is -3.67. The molecule has 0 aliphatic heterocycles. The molecule has 0 unspecified atom stereocenters. The lowest BCUT2D eigenvalue weighted by molar-refractivity contribution is 0.506. The second-order valence-electron chi connectivity index (χ2n) is 6.74. The topological polar surface area (TPSA) is 72.5 Å². The number of fused-ring (bicyclic) bond motifs is 1. The van der Waals surface area contributed by atoms with Gasteiger partial charge >= 0.3 is 0 Å². The van der Waals surface area contributed by atoms with Crippen molar-refractivity contribution < 1.29 is 4.42 Å². The minimum Gasteiger partial charge on any atom is -0.441 e. The molecule has 0 aliphatic rings. The van der Waals surface area contributed by atoms with Gasteiger partial charge in [0.15, 0.2) is 17.3 Å². The van der Waals surface area contributed by atoms with Gasteiger partial charge in [0.25, 0.3) is 0 Å². The maximum absolute atomic E-state index is 5.86. The van der Waals surface area contributed by atoms with Crippen LogP contribution in [0, 0.1) is 6.92 Å². The van der Waals surface area contributed by atoms with E-state index in [4.69, 9.17) is 4.42 Å². The number of rotatable bonds is 5. The van der Waals surface area contributed by atoms with E-state index < -0.39 is 0 Å². The molecule has 138 valence electrons. The highest BCUT2D eigenvalue weighted by Crippen LogP contribution is 2.29. The van der Waals surface area contributed by atoms with Crippen LogP contribution < -0.4 is 0 Å². The van der Waals surface area contributed by atoms with Gasteiger partial charge in [0.2, 0.25) is 0 Å². The van der Waals surface area contributed by atoms with E-state index in [0.29, 0.717) is 13.0 Å². The summed E-state index contributed by atoms with van der Waals surface area (Å²) in [6.07, 6.45) is 4.37. The molecular formula is C22H19N5O. The van der Waals surface area contributed by atoms with E-state index in [2.05, 4.69) is 36.6 Å². The molecule has 0 saturated heterocycles. The number of nitrogens with one attached hydrogen (secondary N) is 1. The van der Waals surface area contributed by atoms with Crippen LogP contribution in [0.25, 0.3) is 33.9 Å². The predicted molar refractivity (Wildman–Crippen MR) is 108 cm³/mol. The molecular weight excluding hydrogens is 350 g/mol. The van der Waals surface area contributed by atoms with Gasteiger partial charge in [-0.25, -0.2) is 15.0 Å². The van der Waals surface area contributed by atoms with Crippen LogP contribution >= 0.6 is 0 Å². The lowest BCUT2D eigenvalue weighted by atomic mass is 10.1. The van der Waals surface area contributed by atoms with Crippen molar-refractivity contribution in [1.29, 1.82) is 0 Å². The van der Waals surface area contributed by atoms with Crippen molar-refractivity contribution in [2.24, 2.45) is 0 Å². The van der Waals surface area contributed by atoms with E-state index in [1.165, 1.54) is 0 Å². The summed E-state index contributed by atoms with van der Waals surface area (Å²) in [6.45, 7) is 2.69. The molecule has 28 heavy (non-hydrogen) atoms. The van der Waals surface area contributed by atoms with Gasteiger partial charge in [-0.2, -0.15) is 0 Å². The van der Waals surface area contributed by atoms with Crippen LogP contribution in [-0.2, 0) is 13.0 Å². The molecule has 3 aromatic heterocycles. The van der Waals surface area contributed by atoms with Crippen molar-refractivity contribution in [2.45, 2.75) is 19.9 Å². The summed E-state index contributed by atoms with van der Waals surface area (Å²) in [5, 5.41) is 0.